The Morgan fingerprint density at radius 2 is 2.00 bits per heavy atom. The van der Waals surface area contributed by atoms with E-state index in [-0.39, 0.29) is 6.04 Å². The first-order valence-corrected chi connectivity index (χ1v) is 6.49. The van der Waals surface area contributed by atoms with E-state index in [0.717, 1.165) is 0 Å². The minimum absolute atomic E-state index is 0.181. The van der Waals surface area contributed by atoms with Gasteiger partial charge in [-0.05, 0) is 45.4 Å². The van der Waals surface area contributed by atoms with Crippen LogP contribution in [0.4, 0.5) is 0 Å². The quantitative estimate of drug-likeness (QED) is 0.797. The first-order chi connectivity index (χ1) is 8.31. The lowest BCUT2D eigenvalue weighted by molar-refractivity contribution is -0.121. The minimum atomic E-state index is -1.01. The van der Waals surface area contributed by atoms with Gasteiger partial charge in [-0.15, -0.1) is 0 Å². The number of benzene rings is 1. The first-order valence-electron chi connectivity index (χ1n) is 6.49. The van der Waals surface area contributed by atoms with Crippen molar-refractivity contribution in [2.24, 2.45) is 0 Å². The van der Waals surface area contributed by atoms with Gasteiger partial charge in [0.1, 0.15) is 5.60 Å². The molecule has 0 radical (unpaired) electrons. The summed E-state index contributed by atoms with van der Waals surface area (Å²) in [5.41, 5.74) is 2.74. The molecule has 0 aliphatic carbocycles. The molecule has 0 aromatic heterocycles. The van der Waals surface area contributed by atoms with Crippen LogP contribution in [0.2, 0.25) is 0 Å². The topological polar surface area (TPSA) is 43.7 Å². The molecule has 1 aromatic carbocycles. The highest BCUT2D eigenvalue weighted by atomic mass is 16.3. The third-order valence-corrected chi connectivity index (χ3v) is 4.05. The van der Waals surface area contributed by atoms with Crippen molar-refractivity contribution in [3.63, 3.8) is 0 Å². The molecule has 1 heterocycles. The summed E-state index contributed by atoms with van der Waals surface area (Å²) in [6.45, 7) is 6.38. The summed E-state index contributed by atoms with van der Waals surface area (Å²) in [7, 11) is 2.00. The normalized spacial score (nSPS) is 33.7. The van der Waals surface area contributed by atoms with Crippen molar-refractivity contribution < 1.29 is 10.2 Å². The number of aliphatic hydroxyl groups excluding tert-OH is 1. The zero-order chi connectivity index (χ0) is 13.5. The van der Waals surface area contributed by atoms with Gasteiger partial charge in [-0.25, -0.2) is 0 Å². The van der Waals surface area contributed by atoms with Crippen LogP contribution in [0.3, 0.4) is 0 Å². The average Bonchev–Trinajstić information content (AvgIpc) is 2.24. The van der Waals surface area contributed by atoms with Crippen molar-refractivity contribution in [2.45, 2.75) is 44.9 Å². The second-order valence-corrected chi connectivity index (χ2v) is 5.90. The van der Waals surface area contributed by atoms with E-state index >= 15 is 0 Å². The van der Waals surface area contributed by atoms with Crippen LogP contribution in [-0.4, -0.2) is 40.4 Å². The molecule has 3 nitrogen and oxygen atoms in total. The molecule has 0 spiro atoms. The summed E-state index contributed by atoms with van der Waals surface area (Å²) in [5.74, 6) is 0. The predicted octanol–water partition coefficient (Wildman–Crippen LogP) is 1.79. The number of hydrogen-bond acceptors (Lipinski definition) is 3. The van der Waals surface area contributed by atoms with Gasteiger partial charge in [0.15, 0.2) is 0 Å². The lowest BCUT2D eigenvalue weighted by Crippen LogP contribution is -2.54. The molecule has 0 unspecified atom stereocenters. The lowest BCUT2D eigenvalue weighted by Gasteiger charge is -2.44. The van der Waals surface area contributed by atoms with Crippen molar-refractivity contribution in [3.05, 3.63) is 34.9 Å². The highest BCUT2D eigenvalue weighted by Crippen LogP contribution is 2.35. The zero-order valence-corrected chi connectivity index (χ0v) is 11.6. The van der Waals surface area contributed by atoms with Gasteiger partial charge in [0.2, 0.25) is 0 Å². The maximum Gasteiger partial charge on any atom is 0.100 e. The minimum Gasteiger partial charge on any atom is -0.390 e. The summed E-state index contributed by atoms with van der Waals surface area (Å²) >= 11 is 0. The third-order valence-electron chi connectivity index (χ3n) is 4.05. The van der Waals surface area contributed by atoms with E-state index in [2.05, 4.69) is 36.9 Å². The van der Waals surface area contributed by atoms with E-state index < -0.39 is 11.7 Å². The van der Waals surface area contributed by atoms with Crippen molar-refractivity contribution in [1.82, 2.24) is 4.90 Å². The van der Waals surface area contributed by atoms with Gasteiger partial charge in [-0.3, -0.25) is 4.90 Å². The number of β-amino-alcohol motifs (C(OH)–C–C–N with tert-alkyl or cyclic N) is 1. The molecule has 2 N–H and O–H groups in total. The van der Waals surface area contributed by atoms with E-state index in [1.807, 2.05) is 7.05 Å². The van der Waals surface area contributed by atoms with Crippen LogP contribution in [0.15, 0.2) is 18.2 Å². The number of likely N-dealkylation sites (N-methyl/N-ethyl adjacent to an activating group) is 1. The monoisotopic (exact) mass is 249 g/mol. The van der Waals surface area contributed by atoms with Crippen molar-refractivity contribution >= 4 is 0 Å². The standard InChI is InChI=1S/C15H23NO2/c1-10-5-6-12(11(2)7-10)13-8-14(17)15(3,18)9-16(13)4/h5-7,13-14,17-18H,8-9H2,1-4H3/t13-,14-,15-/m1/s1. The molecule has 3 atom stereocenters. The first kappa shape index (κ1) is 13.5. The van der Waals surface area contributed by atoms with Crippen LogP contribution >= 0.6 is 0 Å². The largest absolute Gasteiger partial charge is 0.390 e. The molecule has 0 amide bonds. The SMILES string of the molecule is Cc1ccc([C@H]2C[C@@H](O)[C@](C)(O)CN2C)c(C)c1. The Hall–Kier alpha value is -0.900. The van der Waals surface area contributed by atoms with Crippen LogP contribution in [0.5, 0.6) is 0 Å². The molecular weight excluding hydrogens is 226 g/mol. The van der Waals surface area contributed by atoms with E-state index in [0.29, 0.717) is 13.0 Å². The Balaban J connectivity index is 2.29. The maximum absolute atomic E-state index is 10.1. The number of hydrogen-bond donors (Lipinski definition) is 2. The van der Waals surface area contributed by atoms with Gasteiger partial charge >= 0.3 is 0 Å². The van der Waals surface area contributed by atoms with Gasteiger partial charge in [-0.1, -0.05) is 23.8 Å². The van der Waals surface area contributed by atoms with Crippen LogP contribution in [0.1, 0.15) is 36.1 Å². The Labute approximate surface area is 109 Å². The number of nitrogens with zero attached hydrogens (tertiary/aromatic N) is 1. The molecule has 1 aliphatic rings. The summed E-state index contributed by atoms with van der Waals surface area (Å²) in [4.78, 5) is 2.13. The fraction of sp³-hybridized carbons (Fsp3) is 0.600. The molecule has 0 bridgehead atoms. The smallest absolute Gasteiger partial charge is 0.100 e. The molecule has 0 saturated carbocycles. The molecule has 1 fully saturated rings. The number of piperidine rings is 1. The Bertz CT molecular complexity index is 442. The highest BCUT2D eigenvalue weighted by Gasteiger charge is 2.40. The van der Waals surface area contributed by atoms with Crippen LogP contribution in [0, 0.1) is 13.8 Å². The van der Waals surface area contributed by atoms with Gasteiger partial charge in [0.25, 0.3) is 0 Å². The fourth-order valence-electron chi connectivity index (χ4n) is 2.93. The molecule has 1 aromatic rings. The van der Waals surface area contributed by atoms with Crippen molar-refractivity contribution in [3.8, 4) is 0 Å². The zero-order valence-electron chi connectivity index (χ0n) is 11.6. The summed E-state index contributed by atoms with van der Waals surface area (Å²) < 4.78 is 0. The van der Waals surface area contributed by atoms with Gasteiger partial charge < -0.3 is 10.2 Å². The predicted molar refractivity (Wildman–Crippen MR) is 72.5 cm³/mol. The van der Waals surface area contributed by atoms with Gasteiger partial charge in [0.05, 0.1) is 6.10 Å². The number of aliphatic hydroxyl groups is 2. The van der Waals surface area contributed by atoms with Crippen LogP contribution in [0.25, 0.3) is 0 Å². The number of likely N-dealkylation sites (tertiary alicyclic amines) is 1. The summed E-state index contributed by atoms with van der Waals surface area (Å²) in [5, 5.41) is 20.2. The van der Waals surface area contributed by atoms with Gasteiger partial charge in [0, 0.05) is 12.6 Å². The van der Waals surface area contributed by atoms with E-state index in [1.54, 1.807) is 6.92 Å². The fourth-order valence-corrected chi connectivity index (χ4v) is 2.93. The number of aryl methyl sites for hydroxylation is 2. The summed E-state index contributed by atoms with van der Waals surface area (Å²) in [6, 6.07) is 6.59. The second kappa shape index (κ2) is 4.65. The Kier molecular flexibility index (Phi) is 3.49. The van der Waals surface area contributed by atoms with E-state index in [9.17, 15) is 10.2 Å². The highest BCUT2D eigenvalue weighted by molar-refractivity contribution is 5.33. The molecule has 1 aliphatic heterocycles. The van der Waals surface area contributed by atoms with Crippen molar-refractivity contribution in [1.29, 1.82) is 0 Å². The second-order valence-electron chi connectivity index (χ2n) is 5.90. The van der Waals surface area contributed by atoms with Gasteiger partial charge in [-0.2, -0.15) is 0 Å². The van der Waals surface area contributed by atoms with E-state index in [1.165, 1.54) is 16.7 Å². The van der Waals surface area contributed by atoms with Crippen LogP contribution < -0.4 is 0 Å². The van der Waals surface area contributed by atoms with E-state index in [4.69, 9.17) is 0 Å². The third kappa shape index (κ3) is 2.44. The average molecular weight is 249 g/mol. The Morgan fingerprint density at radius 3 is 2.61 bits per heavy atom. The van der Waals surface area contributed by atoms with Crippen molar-refractivity contribution in [2.75, 3.05) is 13.6 Å². The molecule has 3 heteroatoms. The summed E-state index contributed by atoms with van der Waals surface area (Å²) in [6.07, 6.45) is -0.0904. The molecular formula is C15H23NO2. The molecule has 1 saturated heterocycles. The molecule has 18 heavy (non-hydrogen) atoms. The van der Waals surface area contributed by atoms with Crippen LogP contribution in [-0.2, 0) is 0 Å². The number of rotatable bonds is 1. The molecule has 100 valence electrons. The lowest BCUT2D eigenvalue weighted by atomic mass is 9.83. The molecule has 2 rings (SSSR count). The Morgan fingerprint density at radius 1 is 1.33 bits per heavy atom. The maximum atomic E-state index is 10.1.